The number of aromatic amines is 1. The molecular formula is C18H26N4O3. The van der Waals surface area contributed by atoms with Gasteiger partial charge in [0.2, 0.25) is 5.95 Å². The quantitative estimate of drug-likeness (QED) is 0.733. The molecule has 0 saturated carbocycles. The van der Waals surface area contributed by atoms with Crippen molar-refractivity contribution in [2.75, 3.05) is 0 Å². The van der Waals surface area contributed by atoms with E-state index >= 15 is 0 Å². The van der Waals surface area contributed by atoms with Crippen LogP contribution in [-0.4, -0.2) is 30.8 Å². The molecule has 136 valence electrons. The van der Waals surface area contributed by atoms with Crippen LogP contribution in [0.2, 0.25) is 0 Å². The van der Waals surface area contributed by atoms with E-state index in [1.54, 1.807) is 24.3 Å². The molecule has 0 amide bonds. The Balaban J connectivity index is 0.000000871. The van der Waals surface area contributed by atoms with Gasteiger partial charge in [-0.25, -0.2) is 14.5 Å². The maximum atomic E-state index is 11.9. The zero-order chi connectivity index (χ0) is 19.4. The third kappa shape index (κ3) is 5.56. The first-order valence-corrected chi connectivity index (χ1v) is 8.42. The first-order valence-electron chi connectivity index (χ1n) is 8.42. The third-order valence-electron chi connectivity index (χ3n) is 2.65. The number of nitrogens with one attached hydrogen (secondary N) is 1. The number of benzene rings is 1. The third-order valence-corrected chi connectivity index (χ3v) is 2.65. The predicted octanol–water partition coefficient (Wildman–Crippen LogP) is 3.89. The maximum Gasteiger partial charge on any atom is 0.338 e. The van der Waals surface area contributed by atoms with E-state index in [2.05, 4.69) is 15.1 Å². The van der Waals surface area contributed by atoms with Crippen LogP contribution >= 0.6 is 0 Å². The molecule has 3 aromatic rings. The van der Waals surface area contributed by atoms with Gasteiger partial charge in [0.15, 0.2) is 0 Å². The number of aromatic carboxylic acids is 1. The van der Waals surface area contributed by atoms with E-state index in [0.717, 1.165) is 0 Å². The molecule has 0 aliphatic heterocycles. The highest BCUT2D eigenvalue weighted by Crippen LogP contribution is 2.08. The van der Waals surface area contributed by atoms with Gasteiger partial charge in [-0.3, -0.25) is 9.78 Å². The van der Waals surface area contributed by atoms with Crippen LogP contribution in [0.4, 0.5) is 0 Å². The van der Waals surface area contributed by atoms with Gasteiger partial charge >= 0.3 is 5.97 Å². The van der Waals surface area contributed by atoms with Gasteiger partial charge in [-0.1, -0.05) is 53.7 Å². The Hall–Kier alpha value is -2.96. The number of fused-ring (bicyclic) bond motifs is 1. The zero-order valence-electron chi connectivity index (χ0n) is 15.6. The van der Waals surface area contributed by atoms with Crippen molar-refractivity contribution in [1.29, 1.82) is 0 Å². The number of H-pyrrole nitrogens is 1. The SMILES string of the molecule is CC.CC.CC.O=C(O)c1cnn(-c2nc3ccccc3c(=O)[nH]2)c1. The highest BCUT2D eigenvalue weighted by Gasteiger charge is 2.09. The van der Waals surface area contributed by atoms with Gasteiger partial charge < -0.3 is 5.11 Å². The van der Waals surface area contributed by atoms with Crippen molar-refractivity contribution in [1.82, 2.24) is 19.7 Å². The summed E-state index contributed by atoms with van der Waals surface area (Å²) in [5.74, 6) is -0.911. The van der Waals surface area contributed by atoms with E-state index in [9.17, 15) is 9.59 Å². The van der Waals surface area contributed by atoms with Gasteiger partial charge in [-0.05, 0) is 12.1 Å². The number of rotatable bonds is 2. The zero-order valence-corrected chi connectivity index (χ0v) is 15.6. The van der Waals surface area contributed by atoms with E-state index in [4.69, 9.17) is 5.11 Å². The molecule has 0 radical (unpaired) electrons. The molecule has 7 heteroatoms. The second kappa shape index (κ2) is 11.6. The van der Waals surface area contributed by atoms with Crippen LogP contribution in [0.25, 0.3) is 16.9 Å². The normalized spacial score (nSPS) is 8.88. The van der Waals surface area contributed by atoms with E-state index in [-0.39, 0.29) is 17.1 Å². The molecule has 0 saturated heterocycles. The van der Waals surface area contributed by atoms with Crippen molar-refractivity contribution in [2.24, 2.45) is 0 Å². The second-order valence-electron chi connectivity index (χ2n) is 3.89. The molecule has 1 aromatic carbocycles. The fourth-order valence-corrected chi connectivity index (χ4v) is 1.73. The smallest absolute Gasteiger partial charge is 0.338 e. The van der Waals surface area contributed by atoms with Crippen molar-refractivity contribution in [2.45, 2.75) is 41.5 Å². The molecular weight excluding hydrogens is 320 g/mol. The fourth-order valence-electron chi connectivity index (χ4n) is 1.73. The van der Waals surface area contributed by atoms with Crippen LogP contribution in [0.3, 0.4) is 0 Å². The number of nitrogens with zero attached hydrogens (tertiary/aromatic N) is 3. The molecule has 0 unspecified atom stereocenters. The number of hydrogen-bond acceptors (Lipinski definition) is 4. The Morgan fingerprint density at radius 2 is 1.68 bits per heavy atom. The number of carboxylic acids is 1. The van der Waals surface area contributed by atoms with Gasteiger partial charge in [0, 0.05) is 6.20 Å². The van der Waals surface area contributed by atoms with Gasteiger partial charge in [0.1, 0.15) is 0 Å². The summed E-state index contributed by atoms with van der Waals surface area (Å²) in [6.45, 7) is 12.0. The molecule has 3 rings (SSSR count). The first-order chi connectivity index (χ1) is 12.1. The van der Waals surface area contributed by atoms with E-state index < -0.39 is 5.97 Å². The average Bonchev–Trinajstić information content (AvgIpc) is 3.17. The van der Waals surface area contributed by atoms with E-state index in [1.807, 2.05) is 41.5 Å². The van der Waals surface area contributed by atoms with Crippen molar-refractivity contribution in [3.05, 3.63) is 52.6 Å². The van der Waals surface area contributed by atoms with Gasteiger partial charge in [0.05, 0.1) is 22.7 Å². The van der Waals surface area contributed by atoms with Gasteiger partial charge in [-0.2, -0.15) is 5.10 Å². The molecule has 0 aliphatic rings. The van der Waals surface area contributed by atoms with Crippen LogP contribution in [0.5, 0.6) is 0 Å². The molecule has 0 spiro atoms. The lowest BCUT2D eigenvalue weighted by Crippen LogP contribution is -2.13. The molecule has 2 heterocycles. The highest BCUT2D eigenvalue weighted by atomic mass is 16.4. The van der Waals surface area contributed by atoms with Crippen LogP contribution in [0.1, 0.15) is 51.9 Å². The van der Waals surface area contributed by atoms with Gasteiger partial charge in [0.25, 0.3) is 5.56 Å². The maximum absolute atomic E-state index is 11.9. The second-order valence-corrected chi connectivity index (χ2v) is 3.89. The highest BCUT2D eigenvalue weighted by molar-refractivity contribution is 5.87. The van der Waals surface area contributed by atoms with E-state index in [0.29, 0.717) is 10.9 Å². The van der Waals surface area contributed by atoms with Crippen LogP contribution in [-0.2, 0) is 0 Å². The standard InChI is InChI=1S/C12H8N4O3.3C2H6/c17-10-8-3-1-2-4-9(8)14-12(15-10)16-6-7(5-13-16)11(18)19;3*1-2/h1-6H,(H,18,19)(H,14,15,17);3*1-2H3. The number of carbonyl (C=O) groups is 1. The fraction of sp³-hybridized carbons (Fsp3) is 0.333. The molecule has 0 fully saturated rings. The number of aromatic nitrogens is 4. The Morgan fingerprint density at radius 3 is 2.24 bits per heavy atom. The number of para-hydroxylation sites is 1. The number of hydrogen-bond donors (Lipinski definition) is 2. The summed E-state index contributed by atoms with van der Waals surface area (Å²) in [5, 5.41) is 13.2. The minimum Gasteiger partial charge on any atom is -0.478 e. The minimum atomic E-state index is -1.09. The summed E-state index contributed by atoms with van der Waals surface area (Å²) in [6, 6.07) is 6.88. The van der Waals surface area contributed by atoms with Crippen LogP contribution < -0.4 is 5.56 Å². The van der Waals surface area contributed by atoms with Gasteiger partial charge in [-0.15, -0.1) is 0 Å². The molecule has 7 nitrogen and oxygen atoms in total. The molecule has 0 atom stereocenters. The van der Waals surface area contributed by atoms with Crippen molar-refractivity contribution in [3.8, 4) is 5.95 Å². The molecule has 0 bridgehead atoms. The van der Waals surface area contributed by atoms with Crippen molar-refractivity contribution in [3.63, 3.8) is 0 Å². The summed E-state index contributed by atoms with van der Waals surface area (Å²) in [5.41, 5.74) is 0.248. The van der Waals surface area contributed by atoms with Crippen LogP contribution in [0, 0.1) is 0 Å². The topological polar surface area (TPSA) is 101 Å². The largest absolute Gasteiger partial charge is 0.478 e. The minimum absolute atomic E-state index is 0.0239. The summed E-state index contributed by atoms with van der Waals surface area (Å²) in [4.78, 5) is 29.4. The van der Waals surface area contributed by atoms with Crippen molar-refractivity contribution < 1.29 is 9.90 Å². The van der Waals surface area contributed by atoms with Crippen molar-refractivity contribution >= 4 is 16.9 Å². The average molecular weight is 346 g/mol. The lowest BCUT2D eigenvalue weighted by Gasteiger charge is -2.01. The summed E-state index contributed by atoms with van der Waals surface area (Å²) in [7, 11) is 0. The summed E-state index contributed by atoms with van der Waals surface area (Å²) < 4.78 is 1.22. The number of carboxylic acid groups (broad SMARTS) is 1. The molecule has 2 aromatic heterocycles. The van der Waals surface area contributed by atoms with E-state index in [1.165, 1.54) is 17.1 Å². The Bertz CT molecular complexity index is 837. The molecule has 25 heavy (non-hydrogen) atoms. The Kier molecular flexibility index (Phi) is 10.2. The first kappa shape index (κ1) is 22.0. The lowest BCUT2D eigenvalue weighted by atomic mass is 10.2. The monoisotopic (exact) mass is 346 g/mol. The molecule has 2 N–H and O–H groups in total. The summed E-state index contributed by atoms with van der Waals surface area (Å²) in [6.07, 6.45) is 2.48. The molecule has 0 aliphatic carbocycles. The Labute approximate surface area is 147 Å². The van der Waals surface area contributed by atoms with Crippen LogP contribution in [0.15, 0.2) is 41.5 Å². The lowest BCUT2D eigenvalue weighted by molar-refractivity contribution is 0.0697. The summed E-state index contributed by atoms with van der Waals surface area (Å²) >= 11 is 0. The predicted molar refractivity (Wildman–Crippen MR) is 100 cm³/mol. The Morgan fingerprint density at radius 1 is 1.08 bits per heavy atom.